The molecule has 3 rings (SSSR count). The van der Waals surface area contributed by atoms with E-state index in [0.29, 0.717) is 13.1 Å². The Morgan fingerprint density at radius 3 is 2.67 bits per heavy atom. The molecular weight excluding hydrogens is 270 g/mol. The number of rotatable bonds is 0. The van der Waals surface area contributed by atoms with Crippen LogP contribution in [0.1, 0.15) is 32.2 Å². The molecule has 0 aromatic carbocycles. The molecule has 1 saturated heterocycles. The lowest BCUT2D eigenvalue weighted by molar-refractivity contribution is -0.126. The lowest BCUT2D eigenvalue weighted by atomic mass is 9.77. The number of likely N-dealkylation sites (tertiary alicyclic amines) is 1. The number of nitrogens with zero attached hydrogens (tertiary/aromatic N) is 2. The van der Waals surface area contributed by atoms with Gasteiger partial charge in [0.25, 0.3) is 0 Å². The highest BCUT2D eigenvalue weighted by molar-refractivity contribution is 6.07. The summed E-state index contributed by atoms with van der Waals surface area (Å²) in [6.45, 7) is 7.99. The molecule has 1 aromatic rings. The highest BCUT2D eigenvalue weighted by Gasteiger charge is 2.58. The zero-order valence-corrected chi connectivity index (χ0v) is 12.7. The van der Waals surface area contributed by atoms with Gasteiger partial charge in [-0.3, -0.25) is 9.78 Å². The number of aromatic nitrogens is 1. The number of aryl methyl sites for hydroxylation is 1. The summed E-state index contributed by atoms with van der Waals surface area (Å²) in [5.41, 5.74) is 1.10. The monoisotopic (exact) mass is 289 g/mol. The predicted octanol–water partition coefficient (Wildman–Crippen LogP) is 1.83. The summed E-state index contributed by atoms with van der Waals surface area (Å²) in [5, 5.41) is 2.84. The highest BCUT2D eigenvalue weighted by atomic mass is 16.6. The summed E-state index contributed by atoms with van der Waals surface area (Å²) in [7, 11) is 0. The average Bonchev–Trinajstić information content (AvgIpc) is 2.56. The largest absolute Gasteiger partial charge is 0.444 e. The van der Waals surface area contributed by atoms with Crippen LogP contribution in [-0.4, -0.2) is 40.6 Å². The molecule has 1 spiro atoms. The maximum Gasteiger partial charge on any atom is 0.410 e. The maximum atomic E-state index is 12.3. The lowest BCUT2D eigenvalue weighted by Crippen LogP contribution is -2.65. The van der Waals surface area contributed by atoms with E-state index in [1.807, 2.05) is 39.8 Å². The van der Waals surface area contributed by atoms with Gasteiger partial charge in [0.2, 0.25) is 5.91 Å². The summed E-state index contributed by atoms with van der Waals surface area (Å²) in [5.74, 6) is -0.0876. The smallest absolute Gasteiger partial charge is 0.410 e. The molecule has 2 aliphatic heterocycles. The second-order valence-electron chi connectivity index (χ2n) is 6.72. The molecule has 21 heavy (non-hydrogen) atoms. The number of anilines is 1. The molecule has 1 fully saturated rings. The minimum Gasteiger partial charge on any atom is -0.444 e. The highest BCUT2D eigenvalue weighted by Crippen LogP contribution is 2.43. The van der Waals surface area contributed by atoms with Crippen molar-refractivity contribution < 1.29 is 14.3 Å². The third-order valence-electron chi connectivity index (χ3n) is 3.74. The number of fused-ring (bicyclic) bond motifs is 2. The van der Waals surface area contributed by atoms with E-state index in [0.717, 1.165) is 17.1 Å². The van der Waals surface area contributed by atoms with Crippen molar-refractivity contribution in [2.24, 2.45) is 0 Å². The van der Waals surface area contributed by atoms with E-state index in [1.54, 1.807) is 4.90 Å². The van der Waals surface area contributed by atoms with Crippen molar-refractivity contribution in [2.45, 2.75) is 38.7 Å². The summed E-state index contributed by atoms with van der Waals surface area (Å²) < 4.78 is 5.33. The van der Waals surface area contributed by atoms with E-state index in [9.17, 15) is 9.59 Å². The van der Waals surface area contributed by atoms with Gasteiger partial charge in [0, 0.05) is 18.8 Å². The van der Waals surface area contributed by atoms with E-state index in [1.165, 1.54) is 0 Å². The van der Waals surface area contributed by atoms with Crippen LogP contribution in [0.2, 0.25) is 0 Å². The summed E-state index contributed by atoms with van der Waals surface area (Å²) in [6, 6.07) is 3.73. The molecule has 1 N–H and O–H groups in total. The van der Waals surface area contributed by atoms with Crippen molar-refractivity contribution >= 4 is 17.7 Å². The Hall–Kier alpha value is -2.11. The molecule has 6 nitrogen and oxygen atoms in total. The van der Waals surface area contributed by atoms with Gasteiger partial charge in [-0.05, 0) is 39.8 Å². The Balaban J connectivity index is 1.80. The van der Waals surface area contributed by atoms with Crippen LogP contribution < -0.4 is 5.32 Å². The van der Waals surface area contributed by atoms with Crippen LogP contribution in [0.4, 0.5) is 10.5 Å². The number of ether oxygens (including phenoxy) is 1. The van der Waals surface area contributed by atoms with Crippen LogP contribution in [0.5, 0.6) is 0 Å². The van der Waals surface area contributed by atoms with Crippen LogP contribution in [-0.2, 0) is 14.9 Å². The molecule has 0 unspecified atom stereocenters. The van der Waals surface area contributed by atoms with E-state index in [4.69, 9.17) is 4.74 Å². The molecule has 0 saturated carbocycles. The van der Waals surface area contributed by atoms with Gasteiger partial charge in [-0.15, -0.1) is 0 Å². The molecule has 112 valence electrons. The molecule has 0 atom stereocenters. The minimum atomic E-state index is -0.710. The van der Waals surface area contributed by atoms with Crippen molar-refractivity contribution in [3.05, 3.63) is 23.5 Å². The first-order valence-corrected chi connectivity index (χ1v) is 6.99. The Labute approximate surface area is 123 Å². The van der Waals surface area contributed by atoms with Crippen LogP contribution in [0.25, 0.3) is 0 Å². The molecule has 0 aliphatic carbocycles. The second kappa shape index (κ2) is 4.19. The number of carbonyl (C=O) groups is 2. The van der Waals surface area contributed by atoms with Gasteiger partial charge in [-0.2, -0.15) is 0 Å². The van der Waals surface area contributed by atoms with Crippen LogP contribution in [0.15, 0.2) is 12.1 Å². The van der Waals surface area contributed by atoms with Crippen LogP contribution in [0, 0.1) is 6.92 Å². The zero-order chi connectivity index (χ0) is 15.4. The summed E-state index contributed by atoms with van der Waals surface area (Å²) in [6.07, 6.45) is -0.387. The molecule has 2 aliphatic rings. The number of pyridine rings is 1. The SMILES string of the molecule is Cc1ccc2c(n1)C1(CN(C(=O)OC(C)(C)C)C1)C(=O)N2. The molecule has 2 amide bonds. The van der Waals surface area contributed by atoms with Gasteiger partial charge in [-0.25, -0.2) is 4.79 Å². The van der Waals surface area contributed by atoms with Gasteiger partial charge in [-0.1, -0.05) is 0 Å². The topological polar surface area (TPSA) is 71.5 Å². The number of hydrogen-bond acceptors (Lipinski definition) is 4. The van der Waals surface area contributed by atoms with Gasteiger partial charge >= 0.3 is 6.09 Å². The Kier molecular flexibility index (Phi) is 2.77. The number of hydrogen-bond donors (Lipinski definition) is 1. The van der Waals surface area contributed by atoms with Gasteiger partial charge in [0.15, 0.2) is 0 Å². The molecule has 6 heteroatoms. The molecule has 3 heterocycles. The fourth-order valence-electron chi connectivity index (χ4n) is 2.73. The van der Waals surface area contributed by atoms with Crippen molar-refractivity contribution in [1.29, 1.82) is 0 Å². The molecule has 0 bridgehead atoms. The third kappa shape index (κ3) is 2.14. The van der Waals surface area contributed by atoms with E-state index >= 15 is 0 Å². The van der Waals surface area contributed by atoms with Gasteiger partial charge in [0.05, 0.1) is 11.4 Å². The Bertz CT molecular complexity index is 628. The first-order valence-electron chi connectivity index (χ1n) is 6.99. The first kappa shape index (κ1) is 13.9. The van der Waals surface area contributed by atoms with Crippen molar-refractivity contribution in [1.82, 2.24) is 9.88 Å². The standard InChI is InChI=1S/C15H19N3O3/c1-9-5-6-10-11(16-9)15(12(19)17-10)7-18(8-15)13(20)21-14(2,3)4/h5-6H,7-8H2,1-4H3,(H,17,19). The Morgan fingerprint density at radius 1 is 1.38 bits per heavy atom. The van der Waals surface area contributed by atoms with Crippen molar-refractivity contribution in [3.63, 3.8) is 0 Å². The fraction of sp³-hybridized carbons (Fsp3) is 0.533. The van der Waals surface area contributed by atoms with E-state index in [2.05, 4.69) is 10.3 Å². The molecule has 1 aromatic heterocycles. The maximum absolute atomic E-state index is 12.3. The van der Waals surface area contributed by atoms with Gasteiger partial charge < -0.3 is 15.0 Å². The normalized spacial score (nSPS) is 19.0. The fourth-order valence-corrected chi connectivity index (χ4v) is 2.73. The van der Waals surface area contributed by atoms with E-state index in [-0.39, 0.29) is 12.0 Å². The second-order valence-corrected chi connectivity index (χ2v) is 6.72. The molecule has 0 radical (unpaired) electrons. The average molecular weight is 289 g/mol. The zero-order valence-electron chi connectivity index (χ0n) is 12.7. The van der Waals surface area contributed by atoms with Gasteiger partial charge in [0.1, 0.15) is 11.0 Å². The summed E-state index contributed by atoms with van der Waals surface area (Å²) >= 11 is 0. The van der Waals surface area contributed by atoms with E-state index < -0.39 is 11.0 Å². The quantitative estimate of drug-likeness (QED) is 0.791. The predicted molar refractivity (Wildman–Crippen MR) is 77.1 cm³/mol. The minimum absolute atomic E-state index is 0.0876. The Morgan fingerprint density at radius 2 is 2.05 bits per heavy atom. The number of amides is 2. The van der Waals surface area contributed by atoms with Crippen molar-refractivity contribution in [3.8, 4) is 0 Å². The number of carbonyl (C=O) groups excluding carboxylic acids is 2. The number of nitrogens with one attached hydrogen (secondary N) is 1. The lowest BCUT2D eigenvalue weighted by Gasteiger charge is -2.45. The molecular formula is C15H19N3O3. The first-order chi connectivity index (χ1) is 9.71. The third-order valence-corrected chi connectivity index (χ3v) is 3.74. The van der Waals surface area contributed by atoms with Crippen LogP contribution >= 0.6 is 0 Å². The van der Waals surface area contributed by atoms with Crippen molar-refractivity contribution in [2.75, 3.05) is 18.4 Å². The summed E-state index contributed by atoms with van der Waals surface area (Å²) in [4.78, 5) is 30.3. The van der Waals surface area contributed by atoms with Crippen LogP contribution in [0.3, 0.4) is 0 Å².